The van der Waals surface area contributed by atoms with Crippen molar-refractivity contribution in [3.05, 3.63) is 86.7 Å². The standard InChI is InChI=1S/C23H18N2O4S/c1-3-28-15-8-9-16-17(12-15)29-21-18(20(16)26)19(14-6-4-13(2)5-7-14)25(22(21)27)23-24-10-11-30-23/h4-12,19H,3H2,1-2H3. The van der Waals surface area contributed by atoms with Gasteiger partial charge in [0.05, 0.1) is 23.6 Å². The highest BCUT2D eigenvalue weighted by Crippen LogP contribution is 2.42. The fourth-order valence-corrected chi connectivity index (χ4v) is 4.47. The Morgan fingerprint density at radius 1 is 1.17 bits per heavy atom. The molecule has 1 aliphatic rings. The van der Waals surface area contributed by atoms with E-state index in [1.54, 1.807) is 34.7 Å². The van der Waals surface area contributed by atoms with Gasteiger partial charge in [-0.15, -0.1) is 11.3 Å². The summed E-state index contributed by atoms with van der Waals surface area (Å²) in [4.78, 5) is 32.8. The first kappa shape index (κ1) is 18.6. The van der Waals surface area contributed by atoms with Crippen molar-refractivity contribution in [3.8, 4) is 5.75 Å². The number of fused-ring (bicyclic) bond motifs is 2. The normalized spacial score (nSPS) is 15.6. The highest BCUT2D eigenvalue weighted by atomic mass is 32.1. The predicted molar refractivity (Wildman–Crippen MR) is 116 cm³/mol. The van der Waals surface area contributed by atoms with Gasteiger partial charge in [-0.05, 0) is 31.5 Å². The summed E-state index contributed by atoms with van der Waals surface area (Å²) < 4.78 is 11.5. The third kappa shape index (κ3) is 2.81. The summed E-state index contributed by atoms with van der Waals surface area (Å²) in [6, 6.07) is 12.3. The highest BCUT2D eigenvalue weighted by Gasteiger charge is 2.44. The minimum atomic E-state index is -0.591. The number of nitrogens with zero attached hydrogens (tertiary/aromatic N) is 2. The molecule has 150 valence electrons. The van der Waals surface area contributed by atoms with Crippen LogP contribution in [-0.2, 0) is 0 Å². The van der Waals surface area contributed by atoms with E-state index >= 15 is 0 Å². The van der Waals surface area contributed by atoms with Crippen molar-refractivity contribution < 1.29 is 13.9 Å². The SMILES string of the molecule is CCOc1ccc2c(=O)c3c(oc2c1)C(=O)N(c1nccs1)C3c1ccc(C)cc1. The molecule has 0 saturated carbocycles. The zero-order chi connectivity index (χ0) is 20.8. The van der Waals surface area contributed by atoms with Gasteiger partial charge in [-0.3, -0.25) is 14.5 Å². The number of thiazole rings is 1. The fraction of sp³-hybridized carbons (Fsp3) is 0.174. The van der Waals surface area contributed by atoms with Crippen LogP contribution >= 0.6 is 11.3 Å². The van der Waals surface area contributed by atoms with Gasteiger partial charge in [0.2, 0.25) is 5.76 Å². The summed E-state index contributed by atoms with van der Waals surface area (Å²) in [6.45, 7) is 4.37. The Morgan fingerprint density at radius 2 is 1.97 bits per heavy atom. The van der Waals surface area contributed by atoms with Gasteiger partial charge >= 0.3 is 0 Å². The Labute approximate surface area is 176 Å². The zero-order valence-electron chi connectivity index (χ0n) is 16.4. The molecule has 0 spiro atoms. The summed E-state index contributed by atoms with van der Waals surface area (Å²) in [6.07, 6.45) is 1.64. The predicted octanol–water partition coefficient (Wildman–Crippen LogP) is 4.71. The fourth-order valence-electron chi connectivity index (χ4n) is 3.80. The summed E-state index contributed by atoms with van der Waals surface area (Å²) in [5.74, 6) is 0.277. The number of aromatic nitrogens is 1. The van der Waals surface area contributed by atoms with Crippen LogP contribution in [0.3, 0.4) is 0 Å². The number of amides is 1. The van der Waals surface area contributed by atoms with Crippen LogP contribution in [0.1, 0.15) is 40.2 Å². The molecule has 0 bridgehead atoms. The number of hydrogen-bond donors (Lipinski definition) is 0. The van der Waals surface area contributed by atoms with E-state index in [1.807, 2.05) is 38.1 Å². The van der Waals surface area contributed by atoms with Gasteiger partial charge in [-0.2, -0.15) is 0 Å². The van der Waals surface area contributed by atoms with Crippen LogP contribution in [0.25, 0.3) is 11.0 Å². The lowest BCUT2D eigenvalue weighted by Crippen LogP contribution is -2.29. The topological polar surface area (TPSA) is 72.6 Å². The van der Waals surface area contributed by atoms with Gasteiger partial charge in [0, 0.05) is 17.6 Å². The molecule has 0 N–H and O–H groups in total. The third-order valence-electron chi connectivity index (χ3n) is 5.17. The third-order valence-corrected chi connectivity index (χ3v) is 5.94. The number of rotatable bonds is 4. The van der Waals surface area contributed by atoms with Crippen LogP contribution < -0.4 is 15.1 Å². The minimum Gasteiger partial charge on any atom is -0.494 e. The molecule has 4 aromatic rings. The lowest BCUT2D eigenvalue weighted by molar-refractivity contribution is 0.0971. The largest absolute Gasteiger partial charge is 0.494 e. The summed E-state index contributed by atoms with van der Waals surface area (Å²) in [5, 5.41) is 2.75. The number of carbonyl (C=O) groups is 1. The smallest absolute Gasteiger partial charge is 0.297 e. The van der Waals surface area contributed by atoms with Gasteiger partial charge in [-0.1, -0.05) is 29.8 Å². The Bertz CT molecular complexity index is 1310. The maximum absolute atomic E-state index is 13.5. The lowest BCUT2D eigenvalue weighted by Gasteiger charge is -2.22. The first-order valence-electron chi connectivity index (χ1n) is 9.61. The lowest BCUT2D eigenvalue weighted by atomic mass is 9.98. The average Bonchev–Trinajstić information content (AvgIpc) is 3.36. The minimum absolute atomic E-state index is 0.0573. The molecule has 3 heterocycles. The van der Waals surface area contributed by atoms with Crippen molar-refractivity contribution in [3.63, 3.8) is 0 Å². The maximum Gasteiger partial charge on any atom is 0.297 e. The van der Waals surface area contributed by atoms with Crippen molar-refractivity contribution in [2.24, 2.45) is 0 Å². The number of ether oxygens (including phenoxy) is 1. The number of hydrogen-bond acceptors (Lipinski definition) is 6. The van der Waals surface area contributed by atoms with Crippen LogP contribution in [0.2, 0.25) is 0 Å². The van der Waals surface area contributed by atoms with E-state index in [0.29, 0.717) is 34.0 Å². The van der Waals surface area contributed by atoms with Crippen molar-refractivity contribution in [1.82, 2.24) is 4.98 Å². The molecule has 0 saturated heterocycles. The monoisotopic (exact) mass is 418 g/mol. The number of carbonyl (C=O) groups excluding carboxylic acids is 1. The van der Waals surface area contributed by atoms with Crippen LogP contribution in [0.5, 0.6) is 5.75 Å². The van der Waals surface area contributed by atoms with Crippen molar-refractivity contribution >= 4 is 33.3 Å². The first-order valence-corrected chi connectivity index (χ1v) is 10.5. The average molecular weight is 418 g/mol. The van der Waals surface area contributed by atoms with Crippen LogP contribution in [0.4, 0.5) is 5.13 Å². The number of aryl methyl sites for hydroxylation is 1. The second kappa shape index (κ2) is 7.11. The van der Waals surface area contributed by atoms with E-state index in [2.05, 4.69) is 4.98 Å². The molecular weight excluding hydrogens is 400 g/mol. The van der Waals surface area contributed by atoms with Crippen LogP contribution in [-0.4, -0.2) is 17.5 Å². The Kier molecular flexibility index (Phi) is 4.40. The van der Waals surface area contributed by atoms with Crippen molar-refractivity contribution in [2.45, 2.75) is 19.9 Å². The van der Waals surface area contributed by atoms with Gasteiger partial charge in [0.1, 0.15) is 11.3 Å². The highest BCUT2D eigenvalue weighted by molar-refractivity contribution is 7.13. The quantitative estimate of drug-likeness (QED) is 0.480. The van der Waals surface area contributed by atoms with E-state index < -0.39 is 6.04 Å². The first-order chi connectivity index (χ1) is 14.6. The molecule has 0 radical (unpaired) electrons. The van der Waals surface area contributed by atoms with Gasteiger partial charge in [0.25, 0.3) is 5.91 Å². The molecule has 2 aromatic heterocycles. The Balaban J connectivity index is 1.77. The van der Waals surface area contributed by atoms with Crippen molar-refractivity contribution in [2.75, 3.05) is 11.5 Å². The second-order valence-corrected chi connectivity index (χ2v) is 7.94. The number of benzene rings is 2. The van der Waals surface area contributed by atoms with E-state index in [0.717, 1.165) is 11.1 Å². The van der Waals surface area contributed by atoms with Gasteiger partial charge < -0.3 is 9.15 Å². The molecule has 0 fully saturated rings. The van der Waals surface area contributed by atoms with E-state index in [9.17, 15) is 9.59 Å². The van der Waals surface area contributed by atoms with Crippen molar-refractivity contribution in [1.29, 1.82) is 0 Å². The molecule has 1 atom stereocenters. The molecule has 5 rings (SSSR count). The van der Waals surface area contributed by atoms with Crippen LogP contribution in [0.15, 0.2) is 63.3 Å². The summed E-state index contributed by atoms with van der Waals surface area (Å²) >= 11 is 1.35. The molecular formula is C23H18N2O4S. The van der Waals surface area contributed by atoms with Gasteiger partial charge in [0.15, 0.2) is 10.6 Å². The molecule has 1 amide bonds. The molecule has 6 nitrogen and oxygen atoms in total. The Morgan fingerprint density at radius 3 is 2.67 bits per heavy atom. The maximum atomic E-state index is 13.5. The second-order valence-electron chi connectivity index (χ2n) is 7.07. The molecule has 1 aliphatic heterocycles. The molecule has 7 heteroatoms. The Hall–Kier alpha value is -3.45. The molecule has 2 aromatic carbocycles. The summed E-state index contributed by atoms with van der Waals surface area (Å²) in [5.41, 5.74) is 2.39. The molecule has 1 unspecified atom stereocenters. The zero-order valence-corrected chi connectivity index (χ0v) is 17.2. The molecule has 30 heavy (non-hydrogen) atoms. The van der Waals surface area contributed by atoms with Crippen LogP contribution in [0, 0.1) is 6.92 Å². The molecule has 0 aliphatic carbocycles. The van der Waals surface area contributed by atoms with E-state index in [-0.39, 0.29) is 17.1 Å². The van der Waals surface area contributed by atoms with E-state index in [1.165, 1.54) is 11.3 Å². The number of anilines is 1. The van der Waals surface area contributed by atoms with Gasteiger partial charge in [-0.25, -0.2) is 4.98 Å². The summed E-state index contributed by atoms with van der Waals surface area (Å²) in [7, 11) is 0. The van der Waals surface area contributed by atoms with E-state index in [4.69, 9.17) is 9.15 Å².